The number of rotatable bonds is 22. The lowest BCUT2D eigenvalue weighted by molar-refractivity contribution is -0.150. The number of esters is 3. The van der Waals surface area contributed by atoms with Crippen molar-refractivity contribution in [3.05, 3.63) is 0 Å². The first-order chi connectivity index (χ1) is 15.5. The zero-order chi connectivity index (χ0) is 23.9. The van der Waals surface area contributed by atoms with Crippen molar-refractivity contribution < 1.29 is 28.6 Å². The topological polar surface area (TPSA) is 78.9 Å². The van der Waals surface area contributed by atoms with Crippen LogP contribution in [0.25, 0.3) is 0 Å². The van der Waals surface area contributed by atoms with E-state index in [0.29, 0.717) is 19.8 Å². The molecular formula is C26H48O6. The van der Waals surface area contributed by atoms with Gasteiger partial charge in [-0.2, -0.15) is 0 Å². The summed E-state index contributed by atoms with van der Waals surface area (Å²) in [7, 11) is 0. The molecule has 0 aromatic rings. The summed E-state index contributed by atoms with van der Waals surface area (Å²) >= 11 is 0. The molecule has 0 saturated carbocycles. The molecule has 0 rings (SSSR count). The molecule has 0 radical (unpaired) electrons. The molecule has 6 heteroatoms. The Morgan fingerprint density at radius 3 is 1.19 bits per heavy atom. The highest BCUT2D eigenvalue weighted by Crippen LogP contribution is 2.17. The molecule has 0 aromatic heterocycles. The Labute approximate surface area is 196 Å². The van der Waals surface area contributed by atoms with Crippen LogP contribution in [-0.2, 0) is 28.6 Å². The highest BCUT2D eigenvalue weighted by atomic mass is 16.5. The summed E-state index contributed by atoms with van der Waals surface area (Å²) in [4.78, 5) is 36.5. The molecule has 0 saturated heterocycles. The minimum Gasteiger partial charge on any atom is -0.466 e. The van der Waals surface area contributed by atoms with Crippen LogP contribution < -0.4 is 0 Å². The van der Waals surface area contributed by atoms with Crippen LogP contribution in [0.4, 0.5) is 0 Å². The van der Waals surface area contributed by atoms with Gasteiger partial charge in [0.25, 0.3) is 0 Å². The van der Waals surface area contributed by atoms with Crippen molar-refractivity contribution >= 4 is 17.9 Å². The van der Waals surface area contributed by atoms with Gasteiger partial charge in [0.1, 0.15) is 0 Å². The lowest BCUT2D eigenvalue weighted by Crippen LogP contribution is -2.21. The van der Waals surface area contributed by atoms with Crippen LogP contribution in [0.5, 0.6) is 0 Å². The molecule has 0 atom stereocenters. The maximum Gasteiger partial charge on any atom is 0.306 e. The molecule has 0 N–H and O–H groups in total. The monoisotopic (exact) mass is 456 g/mol. The normalized spacial score (nSPS) is 10.9. The van der Waals surface area contributed by atoms with Crippen LogP contribution in [0.3, 0.4) is 0 Å². The van der Waals surface area contributed by atoms with Crippen LogP contribution in [0.15, 0.2) is 0 Å². The van der Waals surface area contributed by atoms with Gasteiger partial charge in [-0.1, -0.05) is 85.0 Å². The van der Waals surface area contributed by atoms with Gasteiger partial charge in [0.05, 0.1) is 19.8 Å². The molecule has 32 heavy (non-hydrogen) atoms. The van der Waals surface area contributed by atoms with Gasteiger partial charge < -0.3 is 14.2 Å². The number of carbonyl (C=O) groups is 3. The van der Waals surface area contributed by atoms with E-state index in [1.54, 1.807) is 0 Å². The largest absolute Gasteiger partial charge is 0.466 e. The van der Waals surface area contributed by atoms with Gasteiger partial charge in [0, 0.05) is 19.3 Å². The number of ether oxygens (including phenoxy) is 3. The van der Waals surface area contributed by atoms with Crippen molar-refractivity contribution in [3.63, 3.8) is 0 Å². The maximum absolute atomic E-state index is 12.2. The van der Waals surface area contributed by atoms with E-state index in [2.05, 4.69) is 13.8 Å². The third-order valence-corrected chi connectivity index (χ3v) is 5.36. The van der Waals surface area contributed by atoms with Crippen LogP contribution >= 0.6 is 0 Å². The molecule has 0 heterocycles. The third-order valence-electron chi connectivity index (χ3n) is 5.36. The molecule has 0 bridgehead atoms. The van der Waals surface area contributed by atoms with Gasteiger partial charge in [-0.05, 0) is 25.2 Å². The van der Waals surface area contributed by atoms with E-state index in [4.69, 9.17) is 14.2 Å². The molecule has 6 nitrogen and oxygen atoms in total. The first kappa shape index (κ1) is 30.4. The van der Waals surface area contributed by atoms with E-state index in [0.717, 1.165) is 44.9 Å². The molecule has 0 aliphatic heterocycles. The number of unbranched alkanes of at least 4 members (excludes halogenated alkanes) is 10. The van der Waals surface area contributed by atoms with Crippen molar-refractivity contribution in [1.82, 2.24) is 0 Å². The molecule has 0 unspecified atom stereocenters. The predicted molar refractivity (Wildman–Crippen MR) is 127 cm³/mol. The average Bonchev–Trinajstić information content (AvgIpc) is 2.76. The van der Waals surface area contributed by atoms with E-state index in [-0.39, 0.29) is 37.2 Å². The second-order valence-electron chi connectivity index (χ2n) is 8.68. The summed E-state index contributed by atoms with van der Waals surface area (Å²) in [6.07, 6.45) is 14.2. The summed E-state index contributed by atoms with van der Waals surface area (Å²) in [5.41, 5.74) is 0. The highest BCUT2D eigenvalue weighted by Gasteiger charge is 2.23. The maximum atomic E-state index is 12.2. The van der Waals surface area contributed by atoms with E-state index in [9.17, 15) is 14.4 Å². The lowest BCUT2D eigenvalue weighted by atomic mass is 9.97. The molecule has 0 aromatic carbocycles. The van der Waals surface area contributed by atoms with Crippen molar-refractivity contribution in [2.45, 2.75) is 124 Å². The fraction of sp³-hybridized carbons (Fsp3) is 0.885. The van der Waals surface area contributed by atoms with E-state index in [1.165, 1.54) is 38.5 Å². The second-order valence-corrected chi connectivity index (χ2v) is 8.68. The third kappa shape index (κ3) is 20.3. The Morgan fingerprint density at radius 1 is 0.469 bits per heavy atom. The van der Waals surface area contributed by atoms with Crippen LogP contribution in [-0.4, -0.2) is 37.7 Å². The SMILES string of the molecule is CCCCCCCCOC(=O)CC(CC(=O)OCCC)CC(=O)OCCCCCCCC. The molecule has 0 fully saturated rings. The van der Waals surface area contributed by atoms with Crippen molar-refractivity contribution in [2.24, 2.45) is 5.92 Å². The fourth-order valence-corrected chi connectivity index (χ4v) is 3.45. The molecule has 188 valence electrons. The van der Waals surface area contributed by atoms with Crippen molar-refractivity contribution in [2.75, 3.05) is 19.8 Å². The number of hydrogen-bond acceptors (Lipinski definition) is 6. The summed E-state index contributed by atoms with van der Waals surface area (Å²) < 4.78 is 15.8. The summed E-state index contributed by atoms with van der Waals surface area (Å²) in [6, 6.07) is 0. The smallest absolute Gasteiger partial charge is 0.306 e. The number of carbonyl (C=O) groups excluding carboxylic acids is 3. The Bertz CT molecular complexity index is 445. The lowest BCUT2D eigenvalue weighted by Gasteiger charge is -2.15. The van der Waals surface area contributed by atoms with Gasteiger partial charge >= 0.3 is 17.9 Å². The first-order valence-corrected chi connectivity index (χ1v) is 13.0. The Morgan fingerprint density at radius 2 is 0.812 bits per heavy atom. The molecule has 0 spiro atoms. The summed E-state index contributed by atoms with van der Waals surface area (Å²) in [5, 5.41) is 0. The van der Waals surface area contributed by atoms with E-state index >= 15 is 0 Å². The average molecular weight is 457 g/mol. The Balaban J connectivity index is 4.29. The minimum absolute atomic E-state index is 0.0260. The van der Waals surface area contributed by atoms with Gasteiger partial charge in [-0.25, -0.2) is 0 Å². The summed E-state index contributed by atoms with van der Waals surface area (Å²) in [5.74, 6) is -1.57. The zero-order valence-corrected chi connectivity index (χ0v) is 21.0. The second kappa shape index (κ2) is 22.6. The highest BCUT2D eigenvalue weighted by molar-refractivity contribution is 5.76. The van der Waals surface area contributed by atoms with Crippen LogP contribution in [0, 0.1) is 5.92 Å². The fourth-order valence-electron chi connectivity index (χ4n) is 3.45. The van der Waals surface area contributed by atoms with E-state index in [1.807, 2.05) is 6.92 Å². The standard InChI is InChI=1S/C26H48O6/c1-4-7-9-11-13-15-18-31-25(28)21-23(20-24(27)30-17-6-3)22-26(29)32-19-16-14-12-10-8-5-2/h23H,4-22H2,1-3H3. The molecule has 0 aliphatic rings. The summed E-state index contributed by atoms with van der Waals surface area (Å²) in [6.45, 7) is 7.41. The van der Waals surface area contributed by atoms with Crippen molar-refractivity contribution in [1.29, 1.82) is 0 Å². The molecule has 0 aliphatic carbocycles. The Hall–Kier alpha value is -1.59. The minimum atomic E-state index is -0.450. The Kier molecular flexibility index (Phi) is 21.5. The quantitative estimate of drug-likeness (QED) is 0.105. The molecule has 0 amide bonds. The number of hydrogen-bond donors (Lipinski definition) is 0. The van der Waals surface area contributed by atoms with Crippen molar-refractivity contribution in [3.8, 4) is 0 Å². The molecular weight excluding hydrogens is 408 g/mol. The van der Waals surface area contributed by atoms with Gasteiger partial charge in [0.15, 0.2) is 0 Å². The predicted octanol–water partition coefficient (Wildman–Crippen LogP) is 6.53. The van der Waals surface area contributed by atoms with E-state index < -0.39 is 5.92 Å². The van der Waals surface area contributed by atoms with Crippen LogP contribution in [0.1, 0.15) is 124 Å². The van der Waals surface area contributed by atoms with Gasteiger partial charge in [-0.15, -0.1) is 0 Å². The van der Waals surface area contributed by atoms with Gasteiger partial charge in [0.2, 0.25) is 0 Å². The first-order valence-electron chi connectivity index (χ1n) is 13.0. The zero-order valence-electron chi connectivity index (χ0n) is 21.0. The van der Waals surface area contributed by atoms with Gasteiger partial charge in [-0.3, -0.25) is 14.4 Å². The van der Waals surface area contributed by atoms with Crippen LogP contribution in [0.2, 0.25) is 0 Å².